The predicted octanol–water partition coefficient (Wildman–Crippen LogP) is 3.45. The van der Waals surface area contributed by atoms with Crippen molar-refractivity contribution in [3.8, 4) is 0 Å². The Morgan fingerprint density at radius 1 is 1.23 bits per heavy atom. The van der Waals surface area contributed by atoms with E-state index >= 15 is 0 Å². The van der Waals surface area contributed by atoms with Gasteiger partial charge in [-0.3, -0.25) is 4.79 Å². The molecule has 1 aromatic rings. The highest BCUT2D eigenvalue weighted by Crippen LogP contribution is 2.59. The van der Waals surface area contributed by atoms with Crippen LogP contribution in [0.15, 0.2) is 24.3 Å². The van der Waals surface area contributed by atoms with Gasteiger partial charge in [-0.1, -0.05) is 19.1 Å². The lowest BCUT2D eigenvalue weighted by molar-refractivity contribution is -0.292. The molecule has 22 heavy (non-hydrogen) atoms. The molecule has 0 radical (unpaired) electrons. The van der Waals surface area contributed by atoms with E-state index in [2.05, 4.69) is 4.74 Å². The zero-order valence-electron chi connectivity index (χ0n) is 11.2. The molecule has 0 aromatic heterocycles. The van der Waals surface area contributed by atoms with Crippen LogP contribution in [0.4, 0.5) is 32.0 Å². The maximum Gasteiger partial charge on any atom is 0.429 e. The van der Waals surface area contributed by atoms with Crippen molar-refractivity contribution in [1.82, 2.24) is 0 Å². The summed E-state index contributed by atoms with van der Waals surface area (Å²) in [4.78, 5) is 11.6. The lowest BCUT2D eigenvalue weighted by Gasteiger charge is -2.19. The molecule has 1 aliphatic heterocycles. The van der Waals surface area contributed by atoms with Crippen LogP contribution in [-0.2, 0) is 16.0 Å². The van der Waals surface area contributed by atoms with Crippen LogP contribution in [0.1, 0.15) is 12.5 Å². The van der Waals surface area contributed by atoms with Crippen LogP contribution < -0.4 is 5.32 Å². The molecule has 2 rings (SSSR count). The van der Waals surface area contributed by atoms with E-state index in [-0.39, 0.29) is 5.69 Å². The molecule has 0 saturated carbocycles. The number of ether oxygens (including phenoxy) is 1. The number of carbonyl (C=O) groups is 1. The minimum atomic E-state index is -5.72. The second kappa shape index (κ2) is 5.15. The van der Waals surface area contributed by atoms with Crippen molar-refractivity contribution >= 4 is 11.6 Å². The number of hydrogen-bond acceptors (Lipinski definition) is 2. The largest absolute Gasteiger partial charge is 0.429 e. The Bertz CT molecular complexity index is 567. The second-order valence-electron chi connectivity index (χ2n) is 4.77. The van der Waals surface area contributed by atoms with Crippen LogP contribution >= 0.6 is 0 Å². The standard InChI is InChI=1S/C13H11F6NO2/c1-2-7-4-3-5-8(6-7)20-10(21)9-11(22-9,12(14,15)16)13(17,18)19/h3-6,9H,2H2,1H3,(H,20,21). The molecule has 1 unspecified atom stereocenters. The Labute approximate surface area is 121 Å². The number of nitrogens with one attached hydrogen (secondary N) is 1. The molecule has 1 saturated heterocycles. The van der Waals surface area contributed by atoms with Gasteiger partial charge in [0.2, 0.25) is 0 Å². The third-order valence-electron chi connectivity index (χ3n) is 3.30. The number of halogens is 6. The van der Waals surface area contributed by atoms with E-state index in [0.717, 1.165) is 5.56 Å². The first-order chi connectivity index (χ1) is 10.0. The molecule has 0 bridgehead atoms. The summed E-state index contributed by atoms with van der Waals surface area (Å²) in [6.07, 6.45) is -13.5. The van der Waals surface area contributed by atoms with Gasteiger partial charge in [0.1, 0.15) is 0 Å². The van der Waals surface area contributed by atoms with Crippen LogP contribution in [0.25, 0.3) is 0 Å². The Morgan fingerprint density at radius 3 is 2.27 bits per heavy atom. The average molecular weight is 327 g/mol. The SMILES string of the molecule is CCc1cccc(NC(=O)C2OC2(C(F)(F)F)C(F)(F)F)c1. The van der Waals surface area contributed by atoms with E-state index in [1.807, 2.05) is 12.2 Å². The molecule has 122 valence electrons. The van der Waals surface area contributed by atoms with Gasteiger partial charge in [0.15, 0.2) is 6.10 Å². The molecule has 1 amide bonds. The molecule has 1 aromatic carbocycles. The predicted molar refractivity (Wildman–Crippen MR) is 64.2 cm³/mol. The highest BCUT2D eigenvalue weighted by molar-refractivity contribution is 5.97. The fourth-order valence-electron chi connectivity index (χ4n) is 2.06. The molecule has 1 heterocycles. The summed E-state index contributed by atoms with van der Waals surface area (Å²) < 4.78 is 79.6. The Kier molecular flexibility index (Phi) is 3.88. The first kappa shape index (κ1) is 16.6. The number of amides is 1. The lowest BCUT2D eigenvalue weighted by Crippen LogP contribution is -2.50. The van der Waals surface area contributed by atoms with Gasteiger partial charge < -0.3 is 10.1 Å². The Morgan fingerprint density at radius 2 is 1.82 bits per heavy atom. The maximum atomic E-state index is 12.6. The number of carbonyl (C=O) groups excluding carboxylic acids is 1. The monoisotopic (exact) mass is 327 g/mol. The van der Waals surface area contributed by atoms with Crippen molar-refractivity contribution in [2.24, 2.45) is 0 Å². The van der Waals surface area contributed by atoms with Gasteiger partial charge in [0, 0.05) is 5.69 Å². The number of hydrogen-bond donors (Lipinski definition) is 1. The van der Waals surface area contributed by atoms with Gasteiger partial charge in [-0.2, -0.15) is 26.3 Å². The van der Waals surface area contributed by atoms with E-state index in [1.54, 1.807) is 6.07 Å². The van der Waals surface area contributed by atoms with Crippen molar-refractivity contribution in [2.75, 3.05) is 5.32 Å². The molecular weight excluding hydrogens is 316 g/mol. The van der Waals surface area contributed by atoms with Gasteiger partial charge >= 0.3 is 12.4 Å². The van der Waals surface area contributed by atoms with Gasteiger partial charge in [0.25, 0.3) is 11.5 Å². The third kappa shape index (κ3) is 2.65. The number of epoxide rings is 1. The van der Waals surface area contributed by atoms with Gasteiger partial charge in [-0.25, -0.2) is 0 Å². The molecule has 1 atom stereocenters. The molecule has 9 heteroatoms. The van der Waals surface area contributed by atoms with Gasteiger partial charge in [-0.05, 0) is 24.1 Å². The van der Waals surface area contributed by atoms with Crippen molar-refractivity contribution in [2.45, 2.75) is 37.4 Å². The average Bonchev–Trinajstić information content (AvgIpc) is 3.15. The number of benzene rings is 1. The van der Waals surface area contributed by atoms with E-state index in [0.29, 0.717) is 6.42 Å². The quantitative estimate of drug-likeness (QED) is 0.682. The Hall–Kier alpha value is -1.77. The van der Waals surface area contributed by atoms with Crippen LogP contribution in [0, 0.1) is 0 Å². The Balaban J connectivity index is 2.18. The molecular formula is C13H11F6NO2. The fourth-order valence-corrected chi connectivity index (χ4v) is 2.06. The lowest BCUT2D eigenvalue weighted by atomic mass is 10.0. The number of alkyl halides is 6. The van der Waals surface area contributed by atoms with Crippen molar-refractivity contribution in [1.29, 1.82) is 0 Å². The number of aryl methyl sites for hydroxylation is 1. The third-order valence-corrected chi connectivity index (χ3v) is 3.30. The summed E-state index contributed by atoms with van der Waals surface area (Å²) in [5, 5.41) is 2.01. The summed E-state index contributed by atoms with van der Waals surface area (Å²) in [7, 11) is 0. The van der Waals surface area contributed by atoms with Crippen LogP contribution in [-0.4, -0.2) is 30.0 Å². The molecule has 1 aliphatic rings. The molecule has 0 aliphatic carbocycles. The van der Waals surface area contributed by atoms with E-state index in [4.69, 9.17) is 0 Å². The van der Waals surface area contributed by atoms with Crippen molar-refractivity contribution in [3.05, 3.63) is 29.8 Å². The summed E-state index contributed by atoms with van der Waals surface area (Å²) in [5.41, 5.74) is -3.54. The zero-order valence-corrected chi connectivity index (χ0v) is 11.2. The molecule has 1 N–H and O–H groups in total. The van der Waals surface area contributed by atoms with E-state index in [1.165, 1.54) is 18.2 Å². The molecule has 0 spiro atoms. The van der Waals surface area contributed by atoms with Crippen LogP contribution in [0.2, 0.25) is 0 Å². The second-order valence-corrected chi connectivity index (χ2v) is 4.77. The fraction of sp³-hybridized carbons (Fsp3) is 0.462. The summed E-state index contributed by atoms with van der Waals surface area (Å²) in [6.45, 7) is 1.81. The van der Waals surface area contributed by atoms with E-state index < -0.39 is 30.0 Å². The molecule has 3 nitrogen and oxygen atoms in total. The molecule has 1 fully saturated rings. The summed E-state index contributed by atoms with van der Waals surface area (Å²) >= 11 is 0. The summed E-state index contributed by atoms with van der Waals surface area (Å²) in [6, 6.07) is 6.06. The smallest absolute Gasteiger partial charge is 0.338 e. The van der Waals surface area contributed by atoms with Gasteiger partial charge in [0.05, 0.1) is 0 Å². The maximum absolute atomic E-state index is 12.6. The van der Waals surface area contributed by atoms with E-state index in [9.17, 15) is 31.1 Å². The minimum absolute atomic E-state index is 0.109. The topological polar surface area (TPSA) is 41.6 Å². The van der Waals surface area contributed by atoms with Crippen LogP contribution in [0.5, 0.6) is 0 Å². The zero-order chi connectivity index (χ0) is 16.8. The van der Waals surface area contributed by atoms with Crippen molar-refractivity contribution < 1.29 is 35.9 Å². The highest BCUT2D eigenvalue weighted by Gasteiger charge is 2.88. The summed E-state index contributed by atoms with van der Waals surface area (Å²) in [5.74, 6) is -1.48. The first-order valence-electron chi connectivity index (χ1n) is 6.24. The van der Waals surface area contributed by atoms with Crippen molar-refractivity contribution in [3.63, 3.8) is 0 Å². The first-order valence-corrected chi connectivity index (χ1v) is 6.24. The minimum Gasteiger partial charge on any atom is -0.338 e. The number of rotatable bonds is 3. The highest BCUT2D eigenvalue weighted by atomic mass is 19.4. The number of anilines is 1. The normalized spacial score (nSPS) is 20.6. The van der Waals surface area contributed by atoms with Gasteiger partial charge in [-0.15, -0.1) is 0 Å². The van der Waals surface area contributed by atoms with Crippen LogP contribution in [0.3, 0.4) is 0 Å².